The normalized spacial score (nSPS) is 11.0. The summed E-state index contributed by atoms with van der Waals surface area (Å²) in [5, 5.41) is 11.4. The molecule has 3 aromatic heterocycles. The van der Waals surface area contributed by atoms with Crippen LogP contribution in [-0.2, 0) is 6.54 Å². The van der Waals surface area contributed by atoms with Crippen LogP contribution < -0.4 is 5.32 Å². The van der Waals surface area contributed by atoms with E-state index in [4.69, 9.17) is 0 Å². The second-order valence-corrected chi connectivity index (χ2v) is 6.00. The molecule has 1 N–H and O–H groups in total. The SMILES string of the molecule is Cc1cc(C)n2nc(C(=O)Nc3ccccc3Cn3cccn3)nc2n1. The van der Waals surface area contributed by atoms with E-state index in [1.165, 1.54) is 0 Å². The Hall–Kier alpha value is -3.55. The van der Waals surface area contributed by atoms with Crippen LogP contribution >= 0.6 is 0 Å². The number of aromatic nitrogens is 6. The van der Waals surface area contributed by atoms with E-state index >= 15 is 0 Å². The molecule has 8 heteroatoms. The number of para-hydroxylation sites is 1. The molecule has 0 aliphatic heterocycles. The van der Waals surface area contributed by atoms with E-state index in [9.17, 15) is 4.79 Å². The lowest BCUT2D eigenvalue weighted by atomic mass is 10.1. The third-order valence-corrected chi connectivity index (χ3v) is 3.98. The molecule has 0 bridgehead atoms. The second-order valence-electron chi connectivity index (χ2n) is 6.00. The summed E-state index contributed by atoms with van der Waals surface area (Å²) in [7, 11) is 0. The number of fused-ring (bicyclic) bond motifs is 1. The highest BCUT2D eigenvalue weighted by Gasteiger charge is 2.16. The number of amides is 1. The highest BCUT2D eigenvalue weighted by atomic mass is 16.2. The Morgan fingerprint density at radius 1 is 1.15 bits per heavy atom. The molecule has 1 aromatic carbocycles. The van der Waals surface area contributed by atoms with Crippen LogP contribution in [0.5, 0.6) is 0 Å². The zero-order chi connectivity index (χ0) is 18.1. The lowest BCUT2D eigenvalue weighted by Crippen LogP contribution is -2.16. The maximum atomic E-state index is 12.6. The van der Waals surface area contributed by atoms with E-state index in [1.54, 1.807) is 15.4 Å². The van der Waals surface area contributed by atoms with Crippen molar-refractivity contribution in [1.82, 2.24) is 29.4 Å². The Morgan fingerprint density at radius 3 is 2.81 bits per heavy atom. The van der Waals surface area contributed by atoms with Gasteiger partial charge >= 0.3 is 0 Å². The van der Waals surface area contributed by atoms with Gasteiger partial charge in [-0.25, -0.2) is 9.50 Å². The molecule has 0 fully saturated rings. The summed E-state index contributed by atoms with van der Waals surface area (Å²) < 4.78 is 3.36. The van der Waals surface area contributed by atoms with Gasteiger partial charge in [-0.3, -0.25) is 9.48 Å². The minimum absolute atomic E-state index is 0.0834. The van der Waals surface area contributed by atoms with Crippen molar-refractivity contribution in [3.05, 3.63) is 71.6 Å². The molecule has 0 saturated carbocycles. The van der Waals surface area contributed by atoms with Crippen LogP contribution in [0.15, 0.2) is 48.8 Å². The Bertz CT molecular complexity index is 1080. The standard InChI is InChI=1S/C18H17N7O/c1-12-10-13(2)25-18(20-12)22-16(23-25)17(26)21-15-7-4-3-6-14(15)11-24-9-5-8-19-24/h3-10H,11H2,1-2H3,(H,21,26). The van der Waals surface area contributed by atoms with Crippen molar-refractivity contribution < 1.29 is 4.79 Å². The van der Waals surface area contributed by atoms with Crippen LogP contribution in [0.1, 0.15) is 27.6 Å². The molecule has 0 unspecified atom stereocenters. The van der Waals surface area contributed by atoms with E-state index in [1.807, 2.05) is 56.4 Å². The zero-order valence-corrected chi connectivity index (χ0v) is 14.4. The minimum atomic E-state index is -0.375. The van der Waals surface area contributed by atoms with Gasteiger partial charge in [0.25, 0.3) is 11.7 Å². The number of anilines is 1. The molecule has 4 aromatic rings. The molecule has 3 heterocycles. The third kappa shape index (κ3) is 3.04. The van der Waals surface area contributed by atoms with Crippen molar-refractivity contribution in [2.75, 3.05) is 5.32 Å². The van der Waals surface area contributed by atoms with Crippen LogP contribution in [0.4, 0.5) is 5.69 Å². The first-order valence-corrected chi connectivity index (χ1v) is 8.18. The smallest absolute Gasteiger partial charge is 0.295 e. The van der Waals surface area contributed by atoms with Crippen molar-refractivity contribution >= 4 is 17.4 Å². The Morgan fingerprint density at radius 2 is 2.00 bits per heavy atom. The van der Waals surface area contributed by atoms with Crippen LogP contribution in [0.3, 0.4) is 0 Å². The highest BCUT2D eigenvalue weighted by Crippen LogP contribution is 2.17. The highest BCUT2D eigenvalue weighted by molar-refractivity contribution is 6.02. The molecular weight excluding hydrogens is 330 g/mol. The quantitative estimate of drug-likeness (QED) is 0.611. The summed E-state index contributed by atoms with van der Waals surface area (Å²) in [6, 6.07) is 11.3. The van der Waals surface area contributed by atoms with Gasteiger partial charge in [0.05, 0.1) is 6.54 Å². The van der Waals surface area contributed by atoms with Crippen LogP contribution in [-0.4, -0.2) is 35.3 Å². The van der Waals surface area contributed by atoms with Gasteiger partial charge in [-0.2, -0.15) is 10.1 Å². The van der Waals surface area contributed by atoms with Crippen molar-refractivity contribution in [1.29, 1.82) is 0 Å². The second kappa shape index (κ2) is 6.40. The largest absolute Gasteiger partial charge is 0.319 e. The topological polar surface area (TPSA) is 90.0 Å². The Labute approximate surface area is 149 Å². The lowest BCUT2D eigenvalue weighted by molar-refractivity contribution is 0.101. The maximum absolute atomic E-state index is 12.6. The average molecular weight is 347 g/mol. The maximum Gasteiger partial charge on any atom is 0.295 e. The van der Waals surface area contributed by atoms with Crippen LogP contribution in [0, 0.1) is 13.8 Å². The number of carbonyl (C=O) groups is 1. The molecule has 1 amide bonds. The lowest BCUT2D eigenvalue weighted by Gasteiger charge is -2.10. The predicted molar refractivity (Wildman–Crippen MR) is 96.0 cm³/mol. The Kier molecular flexibility index (Phi) is 3.92. The number of benzene rings is 1. The zero-order valence-electron chi connectivity index (χ0n) is 14.4. The predicted octanol–water partition coefficient (Wildman–Crippen LogP) is 2.24. The summed E-state index contributed by atoms with van der Waals surface area (Å²) in [6.07, 6.45) is 3.60. The molecule has 130 valence electrons. The van der Waals surface area contributed by atoms with Gasteiger partial charge in [-0.15, -0.1) is 5.10 Å². The van der Waals surface area contributed by atoms with Crippen molar-refractivity contribution in [3.8, 4) is 0 Å². The van der Waals surface area contributed by atoms with Gasteiger partial charge in [-0.1, -0.05) is 18.2 Å². The third-order valence-electron chi connectivity index (χ3n) is 3.98. The van der Waals surface area contributed by atoms with E-state index in [0.29, 0.717) is 18.0 Å². The van der Waals surface area contributed by atoms with Crippen molar-refractivity contribution in [2.24, 2.45) is 0 Å². The van der Waals surface area contributed by atoms with Crippen LogP contribution in [0.25, 0.3) is 5.78 Å². The number of hydrogen-bond donors (Lipinski definition) is 1. The fourth-order valence-corrected chi connectivity index (χ4v) is 2.79. The van der Waals surface area contributed by atoms with Gasteiger partial charge in [0.15, 0.2) is 0 Å². The first kappa shape index (κ1) is 15.9. The molecule has 0 atom stereocenters. The molecule has 4 rings (SSSR count). The molecule has 0 aliphatic rings. The summed E-state index contributed by atoms with van der Waals surface area (Å²) in [4.78, 5) is 21.2. The van der Waals surface area contributed by atoms with E-state index < -0.39 is 0 Å². The first-order valence-electron chi connectivity index (χ1n) is 8.18. The van der Waals surface area contributed by atoms with Gasteiger partial charge in [0.2, 0.25) is 5.82 Å². The summed E-state index contributed by atoms with van der Waals surface area (Å²) in [5.74, 6) is 0.123. The number of aryl methyl sites for hydroxylation is 2. The van der Waals surface area contributed by atoms with E-state index in [2.05, 4.69) is 25.5 Å². The average Bonchev–Trinajstić information content (AvgIpc) is 3.26. The number of rotatable bonds is 4. The molecule has 0 aliphatic carbocycles. The molecule has 26 heavy (non-hydrogen) atoms. The molecule has 0 saturated heterocycles. The van der Waals surface area contributed by atoms with Gasteiger partial charge < -0.3 is 5.32 Å². The van der Waals surface area contributed by atoms with E-state index in [-0.39, 0.29) is 11.7 Å². The molecule has 0 spiro atoms. The van der Waals surface area contributed by atoms with Crippen LogP contribution in [0.2, 0.25) is 0 Å². The fourth-order valence-electron chi connectivity index (χ4n) is 2.79. The molecular formula is C18H17N7O. The summed E-state index contributed by atoms with van der Waals surface area (Å²) in [6.45, 7) is 4.34. The Balaban J connectivity index is 1.62. The van der Waals surface area contributed by atoms with Crippen molar-refractivity contribution in [3.63, 3.8) is 0 Å². The summed E-state index contributed by atoms with van der Waals surface area (Å²) in [5.41, 5.74) is 3.35. The van der Waals surface area contributed by atoms with Gasteiger partial charge in [0.1, 0.15) is 0 Å². The number of nitrogens with one attached hydrogen (secondary N) is 1. The first-order chi connectivity index (χ1) is 12.6. The number of nitrogens with zero attached hydrogens (tertiary/aromatic N) is 6. The van der Waals surface area contributed by atoms with Crippen molar-refractivity contribution in [2.45, 2.75) is 20.4 Å². The monoisotopic (exact) mass is 347 g/mol. The summed E-state index contributed by atoms with van der Waals surface area (Å²) >= 11 is 0. The van der Waals surface area contributed by atoms with E-state index in [0.717, 1.165) is 17.0 Å². The number of carbonyl (C=O) groups excluding carboxylic acids is 1. The van der Waals surface area contributed by atoms with Gasteiger partial charge in [-0.05, 0) is 37.6 Å². The molecule has 8 nitrogen and oxygen atoms in total. The minimum Gasteiger partial charge on any atom is -0.319 e. The van der Waals surface area contributed by atoms with Gasteiger partial charge in [0, 0.05) is 29.5 Å². The fraction of sp³-hybridized carbons (Fsp3) is 0.167. The number of hydrogen-bond acceptors (Lipinski definition) is 5. The molecule has 0 radical (unpaired) electrons.